The van der Waals surface area contributed by atoms with Crippen LogP contribution in [0.2, 0.25) is 0 Å². The van der Waals surface area contributed by atoms with Gasteiger partial charge in [0.15, 0.2) is 0 Å². The molecule has 0 radical (unpaired) electrons. The second kappa shape index (κ2) is 7.21. The van der Waals surface area contributed by atoms with Crippen LogP contribution in [-0.2, 0) is 4.52 Å². The van der Waals surface area contributed by atoms with Crippen LogP contribution < -0.4 is 4.52 Å². The molecule has 0 saturated heterocycles. The standard InChI is InChI=1S/C11H16BrO2P/c1-3-4-8-13-15(12)14-11-7-5-6-10(2)9-11/h5-7,9H,3-4,8H2,1-2H3. The fourth-order valence-corrected chi connectivity index (χ4v) is 2.60. The molecule has 1 unspecified atom stereocenters. The lowest BCUT2D eigenvalue weighted by molar-refractivity contribution is 0.318. The van der Waals surface area contributed by atoms with Gasteiger partial charge in [0.25, 0.3) is 0 Å². The average molecular weight is 291 g/mol. The predicted octanol–water partition coefficient (Wildman–Crippen LogP) is 4.81. The normalized spacial score (nSPS) is 12.5. The monoisotopic (exact) mass is 290 g/mol. The van der Waals surface area contributed by atoms with E-state index in [0.29, 0.717) is 0 Å². The first-order valence-corrected chi connectivity index (χ1v) is 8.25. The molecule has 0 N–H and O–H groups in total. The van der Waals surface area contributed by atoms with Crippen LogP contribution in [-0.4, -0.2) is 6.61 Å². The summed E-state index contributed by atoms with van der Waals surface area (Å²) in [5, 5.41) is 0. The number of rotatable bonds is 6. The minimum absolute atomic E-state index is 0.749. The van der Waals surface area contributed by atoms with E-state index < -0.39 is 7.08 Å². The van der Waals surface area contributed by atoms with Crippen molar-refractivity contribution in [3.05, 3.63) is 29.8 Å². The maximum absolute atomic E-state index is 5.60. The Kier molecular flexibility index (Phi) is 6.23. The number of benzene rings is 1. The minimum atomic E-state index is -0.968. The highest BCUT2D eigenvalue weighted by molar-refractivity contribution is 9.38. The molecule has 0 saturated carbocycles. The van der Waals surface area contributed by atoms with Gasteiger partial charge in [0.05, 0.1) is 6.61 Å². The van der Waals surface area contributed by atoms with Crippen LogP contribution in [0.5, 0.6) is 5.75 Å². The number of hydrogen-bond donors (Lipinski definition) is 0. The minimum Gasteiger partial charge on any atom is -0.439 e. The van der Waals surface area contributed by atoms with E-state index in [9.17, 15) is 0 Å². The Morgan fingerprint density at radius 1 is 1.40 bits per heavy atom. The lowest BCUT2D eigenvalue weighted by Gasteiger charge is -2.11. The zero-order valence-corrected chi connectivity index (χ0v) is 11.6. The van der Waals surface area contributed by atoms with Crippen molar-refractivity contribution in [1.29, 1.82) is 0 Å². The van der Waals surface area contributed by atoms with Gasteiger partial charge < -0.3 is 9.05 Å². The fraction of sp³-hybridized carbons (Fsp3) is 0.455. The first-order chi connectivity index (χ1) is 7.22. The molecule has 0 bridgehead atoms. The Hall–Kier alpha value is -0.110. The van der Waals surface area contributed by atoms with Crippen molar-refractivity contribution in [3.8, 4) is 5.75 Å². The summed E-state index contributed by atoms with van der Waals surface area (Å²) in [6, 6.07) is 7.96. The zero-order valence-electron chi connectivity index (χ0n) is 9.07. The molecule has 0 fully saturated rings. The summed E-state index contributed by atoms with van der Waals surface area (Å²) in [6.45, 7) is 4.93. The fourth-order valence-electron chi connectivity index (χ4n) is 1.06. The number of unbranched alkanes of at least 4 members (excludes halogenated alkanes) is 1. The summed E-state index contributed by atoms with van der Waals surface area (Å²) in [5.74, 6) is 0.856. The summed E-state index contributed by atoms with van der Waals surface area (Å²) in [4.78, 5) is 0. The van der Waals surface area contributed by atoms with Gasteiger partial charge in [-0.2, -0.15) is 0 Å². The third kappa shape index (κ3) is 5.50. The van der Waals surface area contributed by atoms with E-state index in [-0.39, 0.29) is 0 Å². The molecule has 1 aromatic carbocycles. The van der Waals surface area contributed by atoms with Gasteiger partial charge in [-0.05, 0) is 31.0 Å². The van der Waals surface area contributed by atoms with Gasteiger partial charge in [-0.3, -0.25) is 0 Å². The van der Waals surface area contributed by atoms with Crippen LogP contribution in [0.1, 0.15) is 25.3 Å². The molecule has 0 aliphatic heterocycles. The Balaban J connectivity index is 2.34. The molecule has 1 aromatic rings. The Bertz CT molecular complexity index is 294. The second-order valence-electron chi connectivity index (χ2n) is 3.31. The molecule has 2 nitrogen and oxygen atoms in total. The predicted molar refractivity (Wildman–Crippen MR) is 68.5 cm³/mol. The van der Waals surface area contributed by atoms with Crippen molar-refractivity contribution < 1.29 is 9.05 Å². The van der Waals surface area contributed by atoms with Crippen molar-refractivity contribution >= 4 is 22.6 Å². The molecule has 0 heterocycles. The van der Waals surface area contributed by atoms with Crippen LogP contribution in [0.15, 0.2) is 24.3 Å². The lowest BCUT2D eigenvalue weighted by Crippen LogP contribution is -1.90. The maximum Gasteiger partial charge on any atom is 0.307 e. The lowest BCUT2D eigenvalue weighted by atomic mass is 10.2. The molecule has 15 heavy (non-hydrogen) atoms. The first kappa shape index (κ1) is 13.0. The molecule has 0 aliphatic rings. The number of halogens is 1. The highest BCUT2D eigenvalue weighted by Crippen LogP contribution is 2.46. The van der Waals surface area contributed by atoms with E-state index in [0.717, 1.165) is 25.2 Å². The highest BCUT2D eigenvalue weighted by Gasteiger charge is 2.07. The van der Waals surface area contributed by atoms with Crippen LogP contribution in [0, 0.1) is 6.92 Å². The van der Waals surface area contributed by atoms with Crippen LogP contribution in [0.4, 0.5) is 0 Å². The van der Waals surface area contributed by atoms with E-state index in [1.165, 1.54) is 5.56 Å². The van der Waals surface area contributed by atoms with E-state index in [1.807, 2.05) is 31.2 Å². The molecule has 84 valence electrons. The van der Waals surface area contributed by atoms with Gasteiger partial charge in [0.1, 0.15) is 5.75 Å². The van der Waals surface area contributed by atoms with E-state index in [4.69, 9.17) is 9.05 Å². The molecular formula is C11H16BrO2P. The van der Waals surface area contributed by atoms with Gasteiger partial charge in [0, 0.05) is 15.5 Å². The van der Waals surface area contributed by atoms with Crippen LogP contribution in [0.25, 0.3) is 0 Å². The molecular weight excluding hydrogens is 275 g/mol. The third-order valence-electron chi connectivity index (χ3n) is 1.86. The van der Waals surface area contributed by atoms with Gasteiger partial charge in [-0.1, -0.05) is 25.5 Å². The Morgan fingerprint density at radius 2 is 2.20 bits per heavy atom. The summed E-state index contributed by atoms with van der Waals surface area (Å²) in [5.41, 5.74) is 1.19. The zero-order chi connectivity index (χ0) is 11.1. The molecule has 0 aliphatic carbocycles. The average Bonchev–Trinajstić information content (AvgIpc) is 2.18. The van der Waals surface area contributed by atoms with Gasteiger partial charge in [-0.15, -0.1) is 0 Å². The van der Waals surface area contributed by atoms with Crippen LogP contribution >= 0.6 is 22.6 Å². The van der Waals surface area contributed by atoms with Crippen molar-refractivity contribution in [2.45, 2.75) is 26.7 Å². The summed E-state index contributed by atoms with van der Waals surface area (Å²) < 4.78 is 11.1. The van der Waals surface area contributed by atoms with Crippen LogP contribution in [0.3, 0.4) is 0 Å². The van der Waals surface area contributed by atoms with Crippen molar-refractivity contribution in [2.75, 3.05) is 6.61 Å². The number of hydrogen-bond acceptors (Lipinski definition) is 2. The molecule has 0 spiro atoms. The van der Waals surface area contributed by atoms with Gasteiger partial charge >= 0.3 is 7.08 Å². The molecule has 4 heteroatoms. The summed E-state index contributed by atoms with van der Waals surface area (Å²) in [6.07, 6.45) is 2.21. The Labute approximate surface area is 101 Å². The first-order valence-electron chi connectivity index (χ1n) is 5.06. The highest BCUT2D eigenvalue weighted by atomic mass is 79.9. The van der Waals surface area contributed by atoms with Gasteiger partial charge in [0.2, 0.25) is 0 Å². The molecule has 1 atom stereocenters. The van der Waals surface area contributed by atoms with E-state index in [1.54, 1.807) is 0 Å². The molecule has 0 aromatic heterocycles. The second-order valence-corrected chi connectivity index (χ2v) is 5.91. The smallest absolute Gasteiger partial charge is 0.307 e. The topological polar surface area (TPSA) is 18.5 Å². The largest absolute Gasteiger partial charge is 0.439 e. The maximum atomic E-state index is 5.60. The Morgan fingerprint density at radius 3 is 2.87 bits per heavy atom. The summed E-state index contributed by atoms with van der Waals surface area (Å²) >= 11 is 3.39. The summed E-state index contributed by atoms with van der Waals surface area (Å²) in [7, 11) is -0.968. The molecule has 1 rings (SSSR count). The third-order valence-corrected chi connectivity index (χ3v) is 3.65. The van der Waals surface area contributed by atoms with Gasteiger partial charge in [-0.25, -0.2) is 0 Å². The van der Waals surface area contributed by atoms with Crippen molar-refractivity contribution in [1.82, 2.24) is 0 Å². The van der Waals surface area contributed by atoms with Crippen molar-refractivity contribution in [3.63, 3.8) is 0 Å². The van der Waals surface area contributed by atoms with E-state index >= 15 is 0 Å². The SMILES string of the molecule is CCCCOP(Br)Oc1cccc(C)c1. The quantitative estimate of drug-likeness (QED) is 0.553. The number of aryl methyl sites for hydroxylation is 1. The van der Waals surface area contributed by atoms with E-state index in [2.05, 4.69) is 22.4 Å². The van der Waals surface area contributed by atoms with Crippen molar-refractivity contribution in [2.24, 2.45) is 0 Å². The molecule has 0 amide bonds.